The summed E-state index contributed by atoms with van der Waals surface area (Å²) in [4.78, 5) is 9.27. The minimum absolute atomic E-state index is 0.254. The quantitative estimate of drug-likeness (QED) is 0.887. The normalized spacial score (nSPS) is 12.4. The Bertz CT molecular complexity index is 585. The van der Waals surface area contributed by atoms with Gasteiger partial charge in [-0.1, -0.05) is 6.92 Å². The molecule has 0 aliphatic heterocycles. The Morgan fingerprint density at radius 2 is 1.67 bits per heavy atom. The molecule has 21 heavy (non-hydrogen) atoms. The van der Waals surface area contributed by atoms with Gasteiger partial charge in [-0.25, -0.2) is 9.97 Å². The topological polar surface area (TPSA) is 58.0 Å². The fraction of sp³-hybridized carbons (Fsp3) is 0.412. The molecule has 1 aromatic heterocycles. The van der Waals surface area contributed by atoms with Crippen LogP contribution in [0.3, 0.4) is 0 Å². The van der Waals surface area contributed by atoms with E-state index in [0.717, 1.165) is 35.7 Å². The number of hydrogen-bond acceptors (Lipinski definition) is 4. The summed E-state index contributed by atoms with van der Waals surface area (Å²) < 4.78 is 0. The van der Waals surface area contributed by atoms with E-state index in [1.165, 1.54) is 5.56 Å². The van der Waals surface area contributed by atoms with Gasteiger partial charge in [0.1, 0.15) is 5.75 Å². The number of nitrogens with zero attached hydrogens (tertiary/aromatic N) is 2. The minimum atomic E-state index is 0.254. The summed E-state index contributed by atoms with van der Waals surface area (Å²) in [5.41, 5.74) is 4.23. The Morgan fingerprint density at radius 1 is 1.10 bits per heavy atom. The number of nitrogens with one attached hydrogen (secondary N) is 1. The lowest BCUT2D eigenvalue weighted by Gasteiger charge is -2.15. The van der Waals surface area contributed by atoms with E-state index in [1.807, 2.05) is 33.0 Å². The summed E-state index contributed by atoms with van der Waals surface area (Å²) in [6.07, 6.45) is 0.981. The Labute approximate surface area is 126 Å². The average Bonchev–Trinajstić information content (AvgIpc) is 2.44. The third-order valence-electron chi connectivity index (χ3n) is 3.65. The van der Waals surface area contributed by atoms with Crippen molar-refractivity contribution < 1.29 is 5.11 Å². The summed E-state index contributed by atoms with van der Waals surface area (Å²) in [7, 11) is 1.97. The monoisotopic (exact) mass is 285 g/mol. The summed E-state index contributed by atoms with van der Waals surface area (Å²) in [5.74, 6) is 1.52. The molecule has 2 N–H and O–H groups in total. The SMILES string of the molecule is CNCC(C)Cc1c(C)nc(-c2ccc(O)cc2)nc1C. The van der Waals surface area contributed by atoms with Crippen LogP contribution in [0.2, 0.25) is 0 Å². The fourth-order valence-corrected chi connectivity index (χ4v) is 2.54. The number of phenolic OH excluding ortho intramolecular Hbond substituents is 1. The van der Waals surface area contributed by atoms with Crippen LogP contribution in [0.1, 0.15) is 23.9 Å². The molecule has 1 heterocycles. The first kappa shape index (κ1) is 15.4. The molecule has 0 bridgehead atoms. The molecule has 0 radical (unpaired) electrons. The lowest BCUT2D eigenvalue weighted by Crippen LogP contribution is -2.19. The van der Waals surface area contributed by atoms with Crippen molar-refractivity contribution in [1.29, 1.82) is 0 Å². The lowest BCUT2D eigenvalue weighted by molar-refractivity contribution is 0.475. The molecule has 4 heteroatoms. The molecule has 0 spiro atoms. The van der Waals surface area contributed by atoms with Crippen molar-refractivity contribution in [3.63, 3.8) is 0 Å². The van der Waals surface area contributed by atoms with Gasteiger partial charge >= 0.3 is 0 Å². The van der Waals surface area contributed by atoms with E-state index in [-0.39, 0.29) is 5.75 Å². The second-order valence-corrected chi connectivity index (χ2v) is 5.61. The zero-order valence-corrected chi connectivity index (χ0v) is 13.1. The number of aromatic nitrogens is 2. The molecular weight excluding hydrogens is 262 g/mol. The van der Waals surface area contributed by atoms with Crippen molar-refractivity contribution in [1.82, 2.24) is 15.3 Å². The number of benzene rings is 1. The third-order valence-corrected chi connectivity index (χ3v) is 3.65. The van der Waals surface area contributed by atoms with Crippen LogP contribution in [0.25, 0.3) is 11.4 Å². The highest BCUT2D eigenvalue weighted by Crippen LogP contribution is 2.22. The van der Waals surface area contributed by atoms with E-state index >= 15 is 0 Å². The number of aromatic hydroxyl groups is 1. The van der Waals surface area contributed by atoms with Crippen LogP contribution in [0, 0.1) is 19.8 Å². The number of aryl methyl sites for hydroxylation is 2. The van der Waals surface area contributed by atoms with Crippen molar-refractivity contribution in [2.75, 3.05) is 13.6 Å². The van der Waals surface area contributed by atoms with Gasteiger partial charge < -0.3 is 10.4 Å². The molecule has 0 aliphatic carbocycles. The molecule has 112 valence electrons. The van der Waals surface area contributed by atoms with Gasteiger partial charge in [-0.3, -0.25) is 0 Å². The molecule has 4 nitrogen and oxygen atoms in total. The van der Waals surface area contributed by atoms with Gasteiger partial charge in [-0.15, -0.1) is 0 Å². The molecule has 0 amide bonds. The second-order valence-electron chi connectivity index (χ2n) is 5.61. The number of hydrogen-bond donors (Lipinski definition) is 2. The van der Waals surface area contributed by atoms with Crippen LogP contribution in [-0.4, -0.2) is 28.7 Å². The Balaban J connectivity index is 2.30. The third kappa shape index (κ3) is 3.79. The minimum Gasteiger partial charge on any atom is -0.508 e. The molecule has 0 fully saturated rings. The Morgan fingerprint density at radius 3 is 2.19 bits per heavy atom. The van der Waals surface area contributed by atoms with Crippen LogP contribution >= 0.6 is 0 Å². The largest absolute Gasteiger partial charge is 0.508 e. The van der Waals surface area contributed by atoms with Crippen LogP contribution < -0.4 is 5.32 Å². The zero-order valence-electron chi connectivity index (χ0n) is 13.1. The first-order valence-corrected chi connectivity index (χ1v) is 7.29. The molecule has 1 atom stereocenters. The number of rotatable bonds is 5. The van der Waals surface area contributed by atoms with Gasteiger partial charge in [-0.05, 0) is 69.6 Å². The first-order chi connectivity index (χ1) is 10.0. The van der Waals surface area contributed by atoms with Crippen molar-refractivity contribution in [3.8, 4) is 17.1 Å². The molecule has 0 aliphatic rings. The van der Waals surface area contributed by atoms with Gasteiger partial charge in [-0.2, -0.15) is 0 Å². The summed E-state index contributed by atoms with van der Waals surface area (Å²) in [6.45, 7) is 7.29. The molecule has 0 saturated carbocycles. The van der Waals surface area contributed by atoms with E-state index in [9.17, 15) is 5.11 Å². The Hall–Kier alpha value is -1.94. The van der Waals surface area contributed by atoms with Gasteiger partial charge in [0.15, 0.2) is 5.82 Å². The van der Waals surface area contributed by atoms with Crippen molar-refractivity contribution in [3.05, 3.63) is 41.2 Å². The van der Waals surface area contributed by atoms with E-state index in [2.05, 4.69) is 22.2 Å². The maximum Gasteiger partial charge on any atom is 0.159 e. The highest BCUT2D eigenvalue weighted by molar-refractivity contribution is 5.57. The zero-order chi connectivity index (χ0) is 15.4. The van der Waals surface area contributed by atoms with Crippen molar-refractivity contribution >= 4 is 0 Å². The van der Waals surface area contributed by atoms with Gasteiger partial charge in [0, 0.05) is 17.0 Å². The maximum atomic E-state index is 9.36. The van der Waals surface area contributed by atoms with Crippen LogP contribution in [0.4, 0.5) is 0 Å². The van der Waals surface area contributed by atoms with E-state index in [0.29, 0.717) is 5.92 Å². The summed E-state index contributed by atoms with van der Waals surface area (Å²) in [6, 6.07) is 7.00. The average molecular weight is 285 g/mol. The van der Waals surface area contributed by atoms with E-state index in [1.54, 1.807) is 12.1 Å². The highest BCUT2D eigenvalue weighted by atomic mass is 16.3. The predicted molar refractivity (Wildman–Crippen MR) is 85.4 cm³/mol. The molecule has 2 aromatic rings. The van der Waals surface area contributed by atoms with E-state index in [4.69, 9.17) is 0 Å². The number of phenols is 1. The van der Waals surface area contributed by atoms with Crippen molar-refractivity contribution in [2.45, 2.75) is 27.2 Å². The van der Waals surface area contributed by atoms with Crippen molar-refractivity contribution in [2.24, 2.45) is 5.92 Å². The van der Waals surface area contributed by atoms with Gasteiger partial charge in [0.05, 0.1) is 0 Å². The summed E-state index contributed by atoms with van der Waals surface area (Å²) in [5, 5.41) is 12.6. The molecular formula is C17H23N3O. The molecule has 2 rings (SSSR count). The maximum absolute atomic E-state index is 9.36. The second kappa shape index (κ2) is 6.68. The van der Waals surface area contributed by atoms with Gasteiger partial charge in [0.25, 0.3) is 0 Å². The van der Waals surface area contributed by atoms with E-state index < -0.39 is 0 Å². The molecule has 1 unspecified atom stereocenters. The standard InChI is InChI=1S/C17H23N3O/c1-11(10-18-4)9-16-12(2)19-17(20-13(16)3)14-5-7-15(21)8-6-14/h5-8,11,18,21H,9-10H2,1-4H3. The lowest BCUT2D eigenvalue weighted by atomic mass is 9.98. The van der Waals surface area contributed by atoms with Crippen LogP contribution in [0.5, 0.6) is 5.75 Å². The summed E-state index contributed by atoms with van der Waals surface area (Å²) >= 11 is 0. The Kier molecular flexibility index (Phi) is 4.91. The van der Waals surface area contributed by atoms with Gasteiger partial charge in [0.2, 0.25) is 0 Å². The van der Waals surface area contributed by atoms with Crippen LogP contribution in [0.15, 0.2) is 24.3 Å². The highest BCUT2D eigenvalue weighted by Gasteiger charge is 2.12. The smallest absolute Gasteiger partial charge is 0.159 e. The van der Waals surface area contributed by atoms with Crippen LogP contribution in [-0.2, 0) is 6.42 Å². The predicted octanol–water partition coefficient (Wildman–Crippen LogP) is 2.86. The first-order valence-electron chi connectivity index (χ1n) is 7.29. The fourth-order valence-electron chi connectivity index (χ4n) is 2.54. The molecule has 1 aromatic carbocycles. The molecule has 0 saturated heterocycles.